The van der Waals surface area contributed by atoms with Crippen molar-refractivity contribution in [2.24, 2.45) is 0 Å². The second kappa shape index (κ2) is 9.52. The van der Waals surface area contributed by atoms with Crippen molar-refractivity contribution in [3.8, 4) is 0 Å². The maximum Gasteiger partial charge on any atom is 0.243 e. The predicted octanol–water partition coefficient (Wildman–Crippen LogP) is 1.63. The van der Waals surface area contributed by atoms with Gasteiger partial charge in [-0.2, -0.15) is 0 Å². The van der Waals surface area contributed by atoms with Crippen LogP contribution in [0.25, 0.3) is 0 Å². The van der Waals surface area contributed by atoms with Crippen molar-refractivity contribution < 1.29 is 18.7 Å². The Morgan fingerprint density at radius 2 is 2.11 bits per heavy atom. The van der Waals surface area contributed by atoms with Gasteiger partial charge in [0.25, 0.3) is 0 Å². The lowest BCUT2D eigenvalue weighted by molar-refractivity contribution is -0.138. The van der Waals surface area contributed by atoms with Crippen molar-refractivity contribution in [1.82, 2.24) is 15.1 Å². The second-order valence-electron chi connectivity index (χ2n) is 6.78. The summed E-state index contributed by atoms with van der Waals surface area (Å²) in [6.07, 6.45) is 0.860. The minimum atomic E-state index is -0.524. The molecule has 2 atom stereocenters. The van der Waals surface area contributed by atoms with Crippen LogP contribution in [0.15, 0.2) is 24.3 Å². The number of hydrogen-bond donors (Lipinski definition) is 1. The number of thioether (sulfide) groups is 1. The van der Waals surface area contributed by atoms with E-state index in [2.05, 4.69) is 10.2 Å². The first kappa shape index (κ1) is 20.1. The smallest absolute Gasteiger partial charge is 0.243 e. The zero-order valence-electron chi connectivity index (χ0n) is 15.5. The molecule has 0 bridgehead atoms. The Hall–Kier alpha value is -1.64. The summed E-state index contributed by atoms with van der Waals surface area (Å²) in [6, 6.07) is 5.70. The van der Waals surface area contributed by atoms with Crippen LogP contribution in [0.3, 0.4) is 0 Å². The first-order valence-corrected chi connectivity index (χ1v) is 10.3. The SMILES string of the molecule is CC(=O)N1C(C(=O)NCCCN2CCOCC2)CSC1c1cccc(F)c1. The summed E-state index contributed by atoms with van der Waals surface area (Å²) in [5.74, 6) is -0.148. The molecule has 1 N–H and O–H groups in total. The zero-order chi connectivity index (χ0) is 19.2. The summed E-state index contributed by atoms with van der Waals surface area (Å²) in [7, 11) is 0. The number of hydrogen-bond acceptors (Lipinski definition) is 5. The molecule has 2 amide bonds. The Kier molecular flexibility index (Phi) is 7.09. The molecule has 2 unspecified atom stereocenters. The van der Waals surface area contributed by atoms with E-state index < -0.39 is 6.04 Å². The molecule has 0 saturated carbocycles. The molecule has 0 spiro atoms. The fourth-order valence-corrected chi connectivity index (χ4v) is 4.94. The molecule has 2 saturated heterocycles. The molecular weight excluding hydrogens is 369 g/mol. The Bertz CT molecular complexity index is 669. The lowest BCUT2D eigenvalue weighted by Crippen LogP contribution is -2.47. The molecule has 6 nitrogen and oxygen atoms in total. The highest BCUT2D eigenvalue weighted by Gasteiger charge is 2.40. The molecule has 8 heteroatoms. The topological polar surface area (TPSA) is 61.9 Å². The van der Waals surface area contributed by atoms with Gasteiger partial charge in [-0.1, -0.05) is 12.1 Å². The van der Waals surface area contributed by atoms with Gasteiger partial charge in [-0.3, -0.25) is 14.5 Å². The van der Waals surface area contributed by atoms with Gasteiger partial charge in [0.2, 0.25) is 11.8 Å². The summed E-state index contributed by atoms with van der Waals surface area (Å²) in [4.78, 5) is 28.7. The van der Waals surface area contributed by atoms with Crippen LogP contribution >= 0.6 is 11.8 Å². The van der Waals surface area contributed by atoms with Gasteiger partial charge in [0.05, 0.1) is 13.2 Å². The quantitative estimate of drug-likeness (QED) is 0.742. The summed E-state index contributed by atoms with van der Waals surface area (Å²) >= 11 is 1.49. The molecule has 3 rings (SSSR count). The van der Waals surface area contributed by atoms with Crippen LogP contribution in [0, 0.1) is 5.82 Å². The molecule has 2 aliphatic heterocycles. The molecule has 2 fully saturated rings. The van der Waals surface area contributed by atoms with Crippen LogP contribution in [-0.4, -0.2) is 72.8 Å². The van der Waals surface area contributed by atoms with Crippen LogP contribution in [-0.2, 0) is 14.3 Å². The van der Waals surface area contributed by atoms with Gasteiger partial charge in [-0.15, -0.1) is 11.8 Å². The first-order chi connectivity index (χ1) is 13.1. The molecule has 1 aromatic carbocycles. The molecule has 27 heavy (non-hydrogen) atoms. The maximum atomic E-state index is 13.6. The third kappa shape index (κ3) is 5.21. The van der Waals surface area contributed by atoms with E-state index >= 15 is 0 Å². The van der Waals surface area contributed by atoms with Gasteiger partial charge in [0.1, 0.15) is 17.2 Å². The minimum absolute atomic E-state index is 0.140. The molecular formula is C19H26FN3O3S. The summed E-state index contributed by atoms with van der Waals surface area (Å²) in [6.45, 7) is 6.35. The van der Waals surface area contributed by atoms with Crippen LogP contribution in [0.1, 0.15) is 24.3 Å². The largest absolute Gasteiger partial charge is 0.379 e. The first-order valence-electron chi connectivity index (χ1n) is 9.30. The minimum Gasteiger partial charge on any atom is -0.379 e. The van der Waals surface area contributed by atoms with Gasteiger partial charge in [-0.05, 0) is 30.7 Å². The lowest BCUT2D eigenvalue weighted by Gasteiger charge is -2.28. The number of halogens is 1. The Balaban J connectivity index is 1.53. The van der Waals surface area contributed by atoms with E-state index in [0.717, 1.165) is 39.3 Å². The number of ether oxygens (including phenoxy) is 1. The van der Waals surface area contributed by atoms with E-state index in [1.165, 1.54) is 30.8 Å². The van der Waals surface area contributed by atoms with Gasteiger partial charge in [0.15, 0.2) is 0 Å². The van der Waals surface area contributed by atoms with E-state index in [-0.39, 0.29) is 23.0 Å². The van der Waals surface area contributed by atoms with Gasteiger partial charge in [0, 0.05) is 32.3 Å². The highest BCUT2D eigenvalue weighted by atomic mass is 32.2. The highest BCUT2D eigenvalue weighted by molar-refractivity contribution is 7.99. The van der Waals surface area contributed by atoms with E-state index in [1.807, 2.05) is 0 Å². The highest BCUT2D eigenvalue weighted by Crippen LogP contribution is 2.41. The van der Waals surface area contributed by atoms with Crippen LogP contribution in [0.5, 0.6) is 0 Å². The summed E-state index contributed by atoms with van der Waals surface area (Å²) in [5, 5.41) is 2.62. The lowest BCUT2D eigenvalue weighted by atomic mass is 10.1. The van der Waals surface area contributed by atoms with E-state index in [0.29, 0.717) is 17.9 Å². The molecule has 0 aromatic heterocycles. The van der Waals surface area contributed by atoms with Crippen molar-refractivity contribution in [3.63, 3.8) is 0 Å². The zero-order valence-corrected chi connectivity index (χ0v) is 16.3. The Morgan fingerprint density at radius 3 is 2.81 bits per heavy atom. The summed E-state index contributed by atoms with van der Waals surface area (Å²) in [5.41, 5.74) is 0.706. The van der Waals surface area contributed by atoms with Crippen LogP contribution < -0.4 is 5.32 Å². The second-order valence-corrected chi connectivity index (χ2v) is 7.89. The van der Waals surface area contributed by atoms with Gasteiger partial charge in [-0.25, -0.2) is 4.39 Å². The fraction of sp³-hybridized carbons (Fsp3) is 0.579. The Morgan fingerprint density at radius 1 is 1.33 bits per heavy atom. The third-order valence-electron chi connectivity index (χ3n) is 4.85. The van der Waals surface area contributed by atoms with Crippen molar-refractivity contribution in [2.75, 3.05) is 45.1 Å². The van der Waals surface area contributed by atoms with E-state index in [1.54, 1.807) is 17.0 Å². The molecule has 0 aliphatic carbocycles. The maximum absolute atomic E-state index is 13.6. The average Bonchev–Trinajstić information content (AvgIpc) is 3.11. The van der Waals surface area contributed by atoms with E-state index in [9.17, 15) is 14.0 Å². The number of carbonyl (C=O) groups is 2. The van der Waals surface area contributed by atoms with Crippen molar-refractivity contribution in [2.45, 2.75) is 24.8 Å². The number of nitrogens with zero attached hydrogens (tertiary/aromatic N) is 2. The number of nitrogens with one attached hydrogen (secondary N) is 1. The monoisotopic (exact) mass is 395 g/mol. The van der Waals surface area contributed by atoms with Crippen molar-refractivity contribution in [3.05, 3.63) is 35.6 Å². The van der Waals surface area contributed by atoms with Gasteiger partial charge >= 0.3 is 0 Å². The standard InChI is InChI=1S/C19H26FN3O3S/c1-14(24)23-17(13-27-19(23)15-4-2-5-16(20)12-15)18(25)21-6-3-7-22-8-10-26-11-9-22/h2,4-5,12,17,19H,3,6-11,13H2,1H3,(H,21,25). The van der Waals surface area contributed by atoms with Crippen LogP contribution in [0.4, 0.5) is 4.39 Å². The molecule has 1 aromatic rings. The van der Waals surface area contributed by atoms with Crippen molar-refractivity contribution in [1.29, 1.82) is 0 Å². The number of rotatable bonds is 6. The predicted molar refractivity (Wildman–Crippen MR) is 103 cm³/mol. The number of morpholine rings is 1. The fourth-order valence-electron chi connectivity index (χ4n) is 3.47. The molecule has 0 radical (unpaired) electrons. The summed E-state index contributed by atoms with van der Waals surface area (Å²) < 4.78 is 18.9. The van der Waals surface area contributed by atoms with Crippen LogP contribution in [0.2, 0.25) is 0 Å². The third-order valence-corrected chi connectivity index (χ3v) is 6.18. The average molecular weight is 395 g/mol. The number of benzene rings is 1. The van der Waals surface area contributed by atoms with E-state index in [4.69, 9.17) is 4.74 Å². The number of amides is 2. The van der Waals surface area contributed by atoms with Crippen molar-refractivity contribution >= 4 is 23.6 Å². The molecule has 148 valence electrons. The normalized spacial score (nSPS) is 23.4. The number of carbonyl (C=O) groups excluding carboxylic acids is 2. The molecule has 2 aliphatic rings. The molecule has 2 heterocycles. The Labute approximate surface area is 163 Å². The van der Waals surface area contributed by atoms with Gasteiger partial charge < -0.3 is 15.0 Å².